The highest BCUT2D eigenvalue weighted by atomic mass is 16.5. The van der Waals surface area contributed by atoms with Crippen molar-refractivity contribution in [1.82, 2.24) is 16.0 Å². The van der Waals surface area contributed by atoms with E-state index in [2.05, 4.69) is 16.0 Å². The lowest BCUT2D eigenvalue weighted by Gasteiger charge is -2.60. The Morgan fingerprint density at radius 3 is 2.26 bits per heavy atom. The summed E-state index contributed by atoms with van der Waals surface area (Å²) < 4.78 is 5.30. The van der Waals surface area contributed by atoms with Gasteiger partial charge in [0.05, 0.1) is 5.41 Å². The summed E-state index contributed by atoms with van der Waals surface area (Å²) in [6, 6.07) is -0.706. The van der Waals surface area contributed by atoms with Crippen molar-refractivity contribution in [1.29, 1.82) is 0 Å². The van der Waals surface area contributed by atoms with Crippen molar-refractivity contribution in [3.63, 3.8) is 0 Å². The van der Waals surface area contributed by atoms with Gasteiger partial charge in [0.1, 0.15) is 0 Å². The van der Waals surface area contributed by atoms with Gasteiger partial charge in [-0.1, -0.05) is 0 Å². The third-order valence-electron chi connectivity index (χ3n) is 5.94. The van der Waals surface area contributed by atoms with Gasteiger partial charge < -0.3 is 15.4 Å². The molecule has 150 valence electrons. The molecule has 0 heterocycles. The molecule has 8 heteroatoms. The first-order valence-corrected chi connectivity index (χ1v) is 9.68. The number of amides is 4. The van der Waals surface area contributed by atoms with E-state index in [1.54, 1.807) is 13.8 Å². The van der Waals surface area contributed by atoms with Gasteiger partial charge in [-0.2, -0.15) is 0 Å². The van der Waals surface area contributed by atoms with E-state index in [0.717, 1.165) is 32.1 Å². The van der Waals surface area contributed by atoms with Crippen LogP contribution in [-0.2, 0) is 19.1 Å². The fourth-order valence-corrected chi connectivity index (χ4v) is 5.77. The van der Waals surface area contributed by atoms with E-state index in [0.29, 0.717) is 18.3 Å². The van der Waals surface area contributed by atoms with Gasteiger partial charge in [-0.05, 0) is 64.2 Å². The predicted octanol–water partition coefficient (Wildman–Crippen LogP) is 1.24. The third-order valence-corrected chi connectivity index (χ3v) is 5.94. The number of imide groups is 1. The Morgan fingerprint density at radius 2 is 1.70 bits per heavy atom. The van der Waals surface area contributed by atoms with Crippen LogP contribution in [0.2, 0.25) is 0 Å². The van der Waals surface area contributed by atoms with Gasteiger partial charge in [0.2, 0.25) is 5.91 Å². The normalized spacial score (nSPS) is 33.5. The molecule has 0 saturated heterocycles. The van der Waals surface area contributed by atoms with Crippen LogP contribution in [0.5, 0.6) is 0 Å². The summed E-state index contributed by atoms with van der Waals surface area (Å²) in [6.07, 6.45) is 4.98. The van der Waals surface area contributed by atoms with Crippen LogP contribution in [0, 0.1) is 17.3 Å². The molecule has 0 spiro atoms. The fourth-order valence-electron chi connectivity index (χ4n) is 5.77. The average molecular weight is 379 g/mol. The molecule has 0 aliphatic heterocycles. The van der Waals surface area contributed by atoms with Crippen LogP contribution in [0.15, 0.2) is 0 Å². The smallest absolute Gasteiger partial charge is 0.321 e. The summed E-state index contributed by atoms with van der Waals surface area (Å²) in [5, 5.41) is 7.79. The Balaban J connectivity index is 1.60. The van der Waals surface area contributed by atoms with Gasteiger partial charge in [0.25, 0.3) is 5.91 Å². The highest BCUT2D eigenvalue weighted by Crippen LogP contribution is 2.62. The van der Waals surface area contributed by atoms with Crippen molar-refractivity contribution in [2.45, 2.75) is 70.9 Å². The van der Waals surface area contributed by atoms with Crippen LogP contribution in [0.4, 0.5) is 4.79 Å². The van der Waals surface area contributed by atoms with Gasteiger partial charge in [0, 0.05) is 18.5 Å². The molecule has 4 rings (SSSR count). The molecule has 2 atom stereocenters. The molecular weight excluding hydrogens is 350 g/mol. The van der Waals surface area contributed by atoms with Gasteiger partial charge in [-0.25, -0.2) is 4.79 Å². The molecule has 4 saturated carbocycles. The maximum atomic E-state index is 12.9. The van der Waals surface area contributed by atoms with Gasteiger partial charge in [-0.15, -0.1) is 0 Å². The monoisotopic (exact) mass is 379 g/mol. The second-order valence-electron chi connectivity index (χ2n) is 8.96. The van der Waals surface area contributed by atoms with Crippen LogP contribution in [0.25, 0.3) is 0 Å². The fraction of sp³-hybridized carbons (Fsp3) is 0.789. The van der Waals surface area contributed by atoms with Gasteiger partial charge in [-0.3, -0.25) is 19.7 Å². The summed E-state index contributed by atoms with van der Waals surface area (Å²) in [7, 11) is 0. The molecule has 0 radical (unpaired) electrons. The minimum Gasteiger partial charge on any atom is -0.455 e. The first-order valence-electron chi connectivity index (χ1n) is 9.68. The molecular formula is C19H29N3O5. The summed E-state index contributed by atoms with van der Waals surface area (Å²) in [5.41, 5.74) is -0.957. The zero-order valence-corrected chi connectivity index (χ0v) is 16.2. The summed E-state index contributed by atoms with van der Waals surface area (Å²) >= 11 is 0. The van der Waals surface area contributed by atoms with Crippen LogP contribution in [0.3, 0.4) is 0 Å². The quantitative estimate of drug-likeness (QED) is 0.622. The molecule has 0 aromatic carbocycles. The minimum atomic E-state index is -0.650. The largest absolute Gasteiger partial charge is 0.455 e. The minimum absolute atomic E-state index is 0.0731. The number of ether oxygens (including phenoxy) is 1. The Morgan fingerprint density at radius 1 is 1.07 bits per heavy atom. The Labute approximate surface area is 159 Å². The van der Waals surface area contributed by atoms with Gasteiger partial charge in [0.15, 0.2) is 6.61 Å². The zero-order valence-electron chi connectivity index (χ0n) is 16.2. The van der Waals surface area contributed by atoms with Crippen molar-refractivity contribution >= 4 is 23.8 Å². The van der Waals surface area contributed by atoms with Gasteiger partial charge >= 0.3 is 12.0 Å². The number of hydrogen-bond donors (Lipinski definition) is 3. The van der Waals surface area contributed by atoms with E-state index in [1.807, 2.05) is 0 Å². The maximum absolute atomic E-state index is 12.9. The molecule has 0 unspecified atom stereocenters. The van der Waals surface area contributed by atoms with E-state index in [9.17, 15) is 19.2 Å². The van der Waals surface area contributed by atoms with Crippen LogP contribution < -0.4 is 16.0 Å². The highest BCUT2D eigenvalue weighted by molar-refractivity contribution is 5.95. The van der Waals surface area contributed by atoms with Crippen molar-refractivity contribution in [3.8, 4) is 0 Å². The van der Waals surface area contributed by atoms with Crippen molar-refractivity contribution in [2.24, 2.45) is 17.3 Å². The number of nitrogens with one attached hydrogen (secondary N) is 3. The standard InChI is InChI=1S/C19H29N3O5/c1-11(2)20-17(26)21-15(24)9-27-16(25)18-5-13-4-14(6-18)8-19(7-13,10-18)22-12(3)23/h11,13-14H,4-10H2,1-3H3,(H,22,23)(H2,20,21,24,26)/t13-,14-,18?,19?/m0/s1. The summed E-state index contributed by atoms with van der Waals surface area (Å²) in [4.78, 5) is 48.0. The van der Waals surface area contributed by atoms with E-state index < -0.39 is 24.0 Å². The topological polar surface area (TPSA) is 114 Å². The number of urea groups is 1. The molecule has 4 amide bonds. The third kappa shape index (κ3) is 4.25. The van der Waals surface area contributed by atoms with E-state index in [-0.39, 0.29) is 23.5 Å². The van der Waals surface area contributed by atoms with Crippen molar-refractivity contribution in [2.75, 3.05) is 6.61 Å². The zero-order chi connectivity index (χ0) is 19.8. The summed E-state index contributed by atoms with van der Waals surface area (Å²) in [5.74, 6) is -0.308. The SMILES string of the molecule is CC(=O)NC12C[C@H]3C[C@H](C1)CC(C(=O)OCC(=O)NC(=O)NC(C)C)(C3)C2. The molecule has 4 bridgehead atoms. The molecule has 3 N–H and O–H groups in total. The van der Waals surface area contributed by atoms with E-state index in [1.165, 1.54) is 6.92 Å². The lowest BCUT2D eigenvalue weighted by molar-refractivity contribution is -0.177. The summed E-state index contributed by atoms with van der Waals surface area (Å²) in [6.45, 7) is 4.59. The maximum Gasteiger partial charge on any atom is 0.321 e. The highest BCUT2D eigenvalue weighted by Gasteiger charge is 2.61. The van der Waals surface area contributed by atoms with Crippen LogP contribution in [-0.4, -0.2) is 42.0 Å². The molecule has 8 nitrogen and oxygen atoms in total. The number of esters is 1. The molecule has 27 heavy (non-hydrogen) atoms. The van der Waals surface area contributed by atoms with Crippen LogP contribution in [0.1, 0.15) is 59.3 Å². The lowest BCUT2D eigenvalue weighted by Crippen LogP contribution is -2.64. The van der Waals surface area contributed by atoms with E-state index >= 15 is 0 Å². The number of hydrogen-bond acceptors (Lipinski definition) is 5. The lowest BCUT2D eigenvalue weighted by atomic mass is 9.47. The average Bonchev–Trinajstić information content (AvgIpc) is 2.48. The first kappa shape index (κ1) is 19.6. The Hall–Kier alpha value is -2.12. The second-order valence-corrected chi connectivity index (χ2v) is 8.96. The molecule has 4 fully saturated rings. The predicted molar refractivity (Wildman–Crippen MR) is 96.4 cm³/mol. The molecule has 0 aromatic rings. The van der Waals surface area contributed by atoms with Crippen molar-refractivity contribution in [3.05, 3.63) is 0 Å². The van der Waals surface area contributed by atoms with E-state index in [4.69, 9.17) is 4.74 Å². The number of carbonyl (C=O) groups excluding carboxylic acids is 4. The second kappa shape index (κ2) is 7.13. The Bertz CT molecular complexity index is 646. The molecule has 0 aromatic heterocycles. The molecule has 4 aliphatic carbocycles. The number of rotatable bonds is 5. The first-order chi connectivity index (χ1) is 12.6. The Kier molecular flexibility index (Phi) is 5.18. The molecule has 4 aliphatic rings. The number of carbonyl (C=O) groups is 4. The van der Waals surface area contributed by atoms with Crippen LogP contribution >= 0.6 is 0 Å². The van der Waals surface area contributed by atoms with Crippen molar-refractivity contribution < 1.29 is 23.9 Å².